The number of aryl methyl sites for hydroxylation is 1. The molecule has 0 spiro atoms. The van der Waals surface area contributed by atoms with E-state index in [0.717, 1.165) is 35.6 Å². The van der Waals surface area contributed by atoms with Crippen molar-refractivity contribution in [2.24, 2.45) is 0 Å². The van der Waals surface area contributed by atoms with Crippen LogP contribution in [0.5, 0.6) is 0 Å². The second kappa shape index (κ2) is 7.92. The van der Waals surface area contributed by atoms with Gasteiger partial charge in [-0.1, -0.05) is 58.0 Å². The van der Waals surface area contributed by atoms with Gasteiger partial charge in [-0.3, -0.25) is 0 Å². The van der Waals surface area contributed by atoms with E-state index in [1.807, 2.05) is 28.9 Å². The Balaban J connectivity index is 1.88. The highest BCUT2D eigenvalue weighted by molar-refractivity contribution is 5.93. The van der Waals surface area contributed by atoms with Crippen molar-refractivity contribution in [3.05, 3.63) is 65.5 Å². The molecule has 0 saturated heterocycles. The molecule has 0 fully saturated rings. The lowest BCUT2D eigenvalue weighted by Gasteiger charge is -2.12. The van der Waals surface area contributed by atoms with Crippen molar-refractivity contribution in [3.8, 4) is 11.1 Å². The van der Waals surface area contributed by atoms with Crippen LogP contribution in [0, 0.1) is 0 Å². The van der Waals surface area contributed by atoms with E-state index in [-0.39, 0.29) is 11.1 Å². The zero-order valence-corrected chi connectivity index (χ0v) is 16.8. The Hall–Kier alpha value is -3.02. The van der Waals surface area contributed by atoms with Crippen LogP contribution in [0.25, 0.3) is 11.1 Å². The normalized spacial score (nSPS) is 11.6. The number of carboxylic acid groups (broad SMARTS) is 1. The van der Waals surface area contributed by atoms with Crippen LogP contribution >= 0.6 is 0 Å². The fourth-order valence-electron chi connectivity index (χ4n) is 3.00. The largest absolute Gasteiger partial charge is 0.476 e. The molecule has 28 heavy (non-hydrogen) atoms. The zero-order valence-electron chi connectivity index (χ0n) is 16.8. The Morgan fingerprint density at radius 1 is 1.14 bits per heavy atom. The van der Waals surface area contributed by atoms with Crippen LogP contribution in [-0.4, -0.2) is 30.8 Å². The Bertz CT molecular complexity index is 969. The third kappa shape index (κ3) is 4.27. The van der Waals surface area contributed by atoms with Crippen LogP contribution in [0.1, 0.15) is 61.8 Å². The lowest BCUT2D eigenvalue weighted by molar-refractivity contribution is 0.0691. The maximum absolute atomic E-state index is 11.4. The zero-order chi connectivity index (χ0) is 20.3. The molecular formula is C22H26N4O2. The smallest absolute Gasteiger partial charge is 0.355 e. The fourth-order valence-corrected chi connectivity index (χ4v) is 3.00. The number of benzene rings is 1. The van der Waals surface area contributed by atoms with Gasteiger partial charge in [0.05, 0.1) is 6.54 Å². The molecule has 0 amide bonds. The number of rotatable bonds is 6. The minimum Gasteiger partial charge on any atom is -0.476 e. The van der Waals surface area contributed by atoms with Gasteiger partial charge in [-0.15, -0.1) is 0 Å². The summed E-state index contributed by atoms with van der Waals surface area (Å²) < 4.78 is 1.98. The van der Waals surface area contributed by atoms with Gasteiger partial charge in [0.15, 0.2) is 11.5 Å². The van der Waals surface area contributed by atoms with Gasteiger partial charge in [-0.05, 0) is 23.6 Å². The fraction of sp³-hybridized carbons (Fsp3) is 0.364. The second-order valence-electron chi connectivity index (χ2n) is 7.91. The van der Waals surface area contributed by atoms with Crippen molar-refractivity contribution in [1.29, 1.82) is 0 Å². The van der Waals surface area contributed by atoms with Gasteiger partial charge in [-0.25, -0.2) is 19.4 Å². The summed E-state index contributed by atoms with van der Waals surface area (Å²) in [7, 11) is 0. The SMILES string of the molecule is CCCc1nc(C(C)(C)C)nn1Cc1ccc(-c2cccnc2C(=O)O)cc1. The third-order valence-electron chi connectivity index (χ3n) is 4.50. The molecule has 3 aromatic rings. The maximum Gasteiger partial charge on any atom is 0.355 e. The Labute approximate surface area is 165 Å². The summed E-state index contributed by atoms with van der Waals surface area (Å²) in [6.45, 7) is 9.12. The second-order valence-corrected chi connectivity index (χ2v) is 7.91. The molecule has 0 aliphatic heterocycles. The van der Waals surface area contributed by atoms with Crippen molar-refractivity contribution in [2.75, 3.05) is 0 Å². The molecule has 0 atom stereocenters. The molecule has 1 aromatic carbocycles. The highest BCUT2D eigenvalue weighted by Gasteiger charge is 2.21. The Kier molecular flexibility index (Phi) is 5.58. The van der Waals surface area contributed by atoms with Gasteiger partial charge in [-0.2, -0.15) is 5.10 Å². The molecule has 0 radical (unpaired) electrons. The highest BCUT2D eigenvalue weighted by atomic mass is 16.4. The molecule has 0 aliphatic rings. The average Bonchev–Trinajstić information content (AvgIpc) is 3.06. The molecule has 6 nitrogen and oxygen atoms in total. The first-order valence-electron chi connectivity index (χ1n) is 9.51. The van der Waals surface area contributed by atoms with Crippen LogP contribution in [0.2, 0.25) is 0 Å². The van der Waals surface area contributed by atoms with Crippen LogP contribution in [0.4, 0.5) is 0 Å². The van der Waals surface area contributed by atoms with Crippen molar-refractivity contribution in [3.63, 3.8) is 0 Å². The number of carbonyl (C=O) groups is 1. The standard InChI is InChI=1S/C22H26N4O2/c1-5-7-18-24-21(22(2,3)4)25-26(18)14-15-9-11-16(12-10-15)17-8-6-13-23-19(17)20(27)28/h6,8-13H,5,7,14H2,1-4H3,(H,27,28). The maximum atomic E-state index is 11.4. The summed E-state index contributed by atoms with van der Waals surface area (Å²) in [5, 5.41) is 14.1. The number of pyridine rings is 1. The van der Waals surface area contributed by atoms with Gasteiger partial charge >= 0.3 is 5.97 Å². The molecule has 0 bridgehead atoms. The molecule has 2 aromatic heterocycles. The van der Waals surface area contributed by atoms with Crippen LogP contribution in [0.3, 0.4) is 0 Å². The first-order valence-corrected chi connectivity index (χ1v) is 9.51. The summed E-state index contributed by atoms with van der Waals surface area (Å²) in [5.41, 5.74) is 2.50. The van der Waals surface area contributed by atoms with E-state index in [9.17, 15) is 9.90 Å². The summed E-state index contributed by atoms with van der Waals surface area (Å²) in [6, 6.07) is 11.4. The van der Waals surface area contributed by atoms with Crippen molar-refractivity contribution < 1.29 is 9.90 Å². The molecule has 146 valence electrons. The number of nitrogens with zero attached hydrogens (tertiary/aromatic N) is 4. The van der Waals surface area contributed by atoms with E-state index in [4.69, 9.17) is 10.1 Å². The van der Waals surface area contributed by atoms with Gasteiger partial charge in [0, 0.05) is 23.6 Å². The van der Waals surface area contributed by atoms with Crippen molar-refractivity contribution in [2.45, 2.75) is 52.5 Å². The number of hydrogen-bond donors (Lipinski definition) is 1. The Morgan fingerprint density at radius 2 is 1.86 bits per heavy atom. The topological polar surface area (TPSA) is 80.9 Å². The molecule has 1 N–H and O–H groups in total. The minimum atomic E-state index is -1.03. The van der Waals surface area contributed by atoms with E-state index in [1.165, 1.54) is 6.20 Å². The molecule has 0 aliphatic carbocycles. The van der Waals surface area contributed by atoms with Crippen LogP contribution in [-0.2, 0) is 18.4 Å². The number of aromatic carboxylic acids is 1. The number of aromatic nitrogens is 4. The predicted octanol–water partition coefficient (Wildman–Crippen LogP) is 4.34. The first kappa shape index (κ1) is 19.7. The van der Waals surface area contributed by atoms with Crippen molar-refractivity contribution >= 4 is 5.97 Å². The summed E-state index contributed by atoms with van der Waals surface area (Å²) in [5.74, 6) is 0.826. The van der Waals surface area contributed by atoms with E-state index in [1.54, 1.807) is 12.1 Å². The van der Waals surface area contributed by atoms with E-state index < -0.39 is 5.97 Å². The lowest BCUT2D eigenvalue weighted by Crippen LogP contribution is -2.14. The van der Waals surface area contributed by atoms with Crippen molar-refractivity contribution in [1.82, 2.24) is 19.7 Å². The number of carboxylic acids is 1. The van der Waals surface area contributed by atoms with Gasteiger partial charge in [0.2, 0.25) is 0 Å². The molecule has 6 heteroatoms. The quantitative estimate of drug-likeness (QED) is 0.690. The van der Waals surface area contributed by atoms with E-state index >= 15 is 0 Å². The summed E-state index contributed by atoms with van der Waals surface area (Å²) in [4.78, 5) is 20.1. The highest BCUT2D eigenvalue weighted by Crippen LogP contribution is 2.24. The van der Waals surface area contributed by atoms with Gasteiger partial charge in [0.25, 0.3) is 0 Å². The predicted molar refractivity (Wildman–Crippen MR) is 108 cm³/mol. The Morgan fingerprint density at radius 3 is 2.46 bits per heavy atom. The van der Waals surface area contributed by atoms with Gasteiger partial charge < -0.3 is 5.11 Å². The van der Waals surface area contributed by atoms with E-state index in [2.05, 4.69) is 32.7 Å². The molecule has 3 rings (SSSR count). The molecule has 2 heterocycles. The average molecular weight is 378 g/mol. The number of hydrogen-bond acceptors (Lipinski definition) is 4. The molecule has 0 unspecified atom stereocenters. The minimum absolute atomic E-state index is 0.0616. The van der Waals surface area contributed by atoms with Crippen LogP contribution in [0.15, 0.2) is 42.6 Å². The summed E-state index contributed by atoms with van der Waals surface area (Å²) in [6.07, 6.45) is 3.40. The van der Waals surface area contributed by atoms with Crippen LogP contribution < -0.4 is 0 Å². The molecule has 0 saturated carbocycles. The van der Waals surface area contributed by atoms with E-state index in [0.29, 0.717) is 12.1 Å². The molecular weight excluding hydrogens is 352 g/mol. The lowest BCUT2D eigenvalue weighted by atomic mass is 9.96. The first-order chi connectivity index (χ1) is 13.3. The monoisotopic (exact) mass is 378 g/mol. The van der Waals surface area contributed by atoms with Gasteiger partial charge in [0.1, 0.15) is 5.82 Å². The third-order valence-corrected chi connectivity index (χ3v) is 4.50. The summed E-state index contributed by atoms with van der Waals surface area (Å²) >= 11 is 0.